The van der Waals surface area contributed by atoms with E-state index in [1.54, 1.807) is 13.8 Å². The minimum Gasteiger partial charge on any atom is -0.462 e. The van der Waals surface area contributed by atoms with Crippen molar-refractivity contribution in [3.8, 4) is 0 Å². The van der Waals surface area contributed by atoms with E-state index in [0.717, 1.165) is 12.8 Å². The van der Waals surface area contributed by atoms with Crippen LogP contribution in [0.3, 0.4) is 0 Å². The van der Waals surface area contributed by atoms with Crippen LogP contribution in [0.2, 0.25) is 0 Å². The lowest BCUT2D eigenvalue weighted by Crippen LogP contribution is -2.26. The maximum absolute atomic E-state index is 11.4. The predicted octanol–water partition coefficient (Wildman–Crippen LogP) is 2.33. The highest BCUT2D eigenvalue weighted by molar-refractivity contribution is 5.98. The summed E-state index contributed by atoms with van der Waals surface area (Å²) >= 11 is 0. The van der Waals surface area contributed by atoms with E-state index in [-0.39, 0.29) is 17.9 Å². The van der Waals surface area contributed by atoms with Gasteiger partial charge in [0.2, 0.25) is 0 Å². The molecular formula is C11H20O3. The Labute approximate surface area is 85.8 Å². The van der Waals surface area contributed by atoms with Crippen LogP contribution >= 0.6 is 0 Å². The summed E-state index contributed by atoms with van der Waals surface area (Å²) in [6.07, 6.45) is 1.94. The molecule has 0 saturated carbocycles. The second-order valence-corrected chi connectivity index (χ2v) is 3.42. The van der Waals surface area contributed by atoms with Crippen molar-refractivity contribution >= 4 is 11.8 Å². The molecule has 0 radical (unpaired) electrons. The van der Waals surface area contributed by atoms with Gasteiger partial charge in [0.1, 0.15) is 17.8 Å². The van der Waals surface area contributed by atoms with Crippen molar-refractivity contribution < 1.29 is 14.3 Å². The zero-order valence-corrected chi connectivity index (χ0v) is 9.50. The Morgan fingerprint density at radius 2 is 1.64 bits per heavy atom. The summed E-state index contributed by atoms with van der Waals surface area (Å²) in [6, 6.07) is 0. The highest BCUT2D eigenvalue weighted by Crippen LogP contribution is 2.09. The van der Waals surface area contributed by atoms with Gasteiger partial charge in [-0.15, -0.1) is 0 Å². The van der Waals surface area contributed by atoms with Crippen LogP contribution in [-0.2, 0) is 14.3 Å². The molecule has 3 nitrogen and oxygen atoms in total. The number of esters is 1. The summed E-state index contributed by atoms with van der Waals surface area (Å²) in [6.45, 7) is 7.29. The van der Waals surface area contributed by atoms with Crippen LogP contribution in [0.4, 0.5) is 0 Å². The van der Waals surface area contributed by atoms with Crippen LogP contribution in [0.25, 0.3) is 0 Å². The van der Waals surface area contributed by atoms with E-state index >= 15 is 0 Å². The van der Waals surface area contributed by atoms with Crippen LogP contribution < -0.4 is 0 Å². The zero-order valence-electron chi connectivity index (χ0n) is 9.50. The normalized spacial score (nSPS) is 12.6. The number of carbonyl (C=O) groups is 2. The molecule has 0 rings (SSSR count). The molecule has 0 aliphatic rings. The van der Waals surface area contributed by atoms with Crippen LogP contribution in [0, 0.1) is 5.92 Å². The van der Waals surface area contributed by atoms with Gasteiger partial charge in [-0.3, -0.25) is 9.59 Å². The molecule has 0 aromatic rings. The summed E-state index contributed by atoms with van der Waals surface area (Å²) in [4.78, 5) is 22.6. The molecule has 0 aromatic heterocycles. The Morgan fingerprint density at radius 1 is 1.14 bits per heavy atom. The summed E-state index contributed by atoms with van der Waals surface area (Å²) < 4.78 is 5.17. The molecule has 0 spiro atoms. The molecule has 3 heteroatoms. The van der Waals surface area contributed by atoms with Gasteiger partial charge < -0.3 is 4.74 Å². The molecule has 1 atom stereocenters. The third kappa shape index (κ3) is 3.90. The molecule has 0 saturated heterocycles. The molecule has 0 bridgehead atoms. The first kappa shape index (κ1) is 13.1. The fraction of sp³-hybridized carbons (Fsp3) is 0.818. The van der Waals surface area contributed by atoms with Crippen molar-refractivity contribution in [2.24, 2.45) is 5.92 Å². The number of ketones is 1. The Morgan fingerprint density at radius 3 is 2.00 bits per heavy atom. The lowest BCUT2D eigenvalue weighted by Gasteiger charge is -2.16. The maximum atomic E-state index is 11.4. The molecule has 0 aromatic carbocycles. The molecule has 0 amide bonds. The first-order valence-corrected chi connectivity index (χ1v) is 5.29. The highest BCUT2D eigenvalue weighted by Gasteiger charge is 2.23. The van der Waals surface area contributed by atoms with Gasteiger partial charge in [-0.1, -0.05) is 20.8 Å². The topological polar surface area (TPSA) is 43.4 Å². The number of hydrogen-bond donors (Lipinski definition) is 0. The average molecular weight is 200 g/mol. The molecule has 0 aliphatic heterocycles. The second-order valence-electron chi connectivity index (χ2n) is 3.42. The van der Waals surface area contributed by atoms with Crippen molar-refractivity contribution in [2.45, 2.75) is 53.1 Å². The van der Waals surface area contributed by atoms with Gasteiger partial charge in [-0.25, -0.2) is 0 Å². The Kier molecular flexibility index (Phi) is 6.17. The fourth-order valence-corrected chi connectivity index (χ4v) is 1.16. The standard InChI is InChI=1S/C11H20O3/c1-5-9(6-2)14-11(13)8(4)10(12)7-3/h8-9H,5-7H2,1-4H3/t8-/m0/s1. The molecule has 14 heavy (non-hydrogen) atoms. The summed E-state index contributed by atoms with van der Waals surface area (Å²) in [5.41, 5.74) is 0. The van der Waals surface area contributed by atoms with Gasteiger partial charge in [-0.2, -0.15) is 0 Å². The van der Waals surface area contributed by atoms with E-state index in [0.29, 0.717) is 6.42 Å². The molecule has 82 valence electrons. The zero-order chi connectivity index (χ0) is 11.1. The number of rotatable bonds is 6. The Bertz CT molecular complexity index is 195. The Hall–Kier alpha value is -0.860. The van der Waals surface area contributed by atoms with Crippen LogP contribution in [-0.4, -0.2) is 17.9 Å². The highest BCUT2D eigenvalue weighted by atomic mass is 16.5. The van der Waals surface area contributed by atoms with Gasteiger partial charge in [-0.05, 0) is 19.8 Å². The van der Waals surface area contributed by atoms with Crippen molar-refractivity contribution in [1.82, 2.24) is 0 Å². The molecule has 0 heterocycles. The van der Waals surface area contributed by atoms with E-state index in [2.05, 4.69) is 0 Å². The minimum atomic E-state index is -0.611. The van der Waals surface area contributed by atoms with Gasteiger partial charge in [0.15, 0.2) is 0 Å². The predicted molar refractivity (Wildman–Crippen MR) is 54.9 cm³/mol. The quantitative estimate of drug-likeness (QED) is 0.488. The Balaban J connectivity index is 4.12. The number of ether oxygens (including phenoxy) is 1. The van der Waals surface area contributed by atoms with Crippen LogP contribution in [0.1, 0.15) is 47.0 Å². The lowest BCUT2D eigenvalue weighted by atomic mass is 10.1. The van der Waals surface area contributed by atoms with Crippen molar-refractivity contribution in [2.75, 3.05) is 0 Å². The average Bonchev–Trinajstić information content (AvgIpc) is 2.23. The SMILES string of the molecule is CCC(=O)[C@H](C)C(=O)OC(CC)CC. The summed E-state index contributed by atoms with van der Waals surface area (Å²) in [5, 5.41) is 0. The van der Waals surface area contributed by atoms with E-state index in [1.807, 2.05) is 13.8 Å². The van der Waals surface area contributed by atoms with Gasteiger partial charge in [0, 0.05) is 6.42 Å². The third-order valence-corrected chi connectivity index (χ3v) is 2.38. The first-order valence-electron chi connectivity index (χ1n) is 5.29. The van der Waals surface area contributed by atoms with Crippen LogP contribution in [0.5, 0.6) is 0 Å². The first-order chi connectivity index (χ1) is 6.56. The largest absolute Gasteiger partial charge is 0.462 e. The number of Topliss-reactive ketones (excluding diaryl/α,β-unsaturated/α-hetero) is 1. The minimum absolute atomic E-state index is 0.0467. The number of carbonyl (C=O) groups excluding carboxylic acids is 2. The summed E-state index contributed by atoms with van der Waals surface area (Å²) in [7, 11) is 0. The molecular weight excluding hydrogens is 180 g/mol. The van der Waals surface area contributed by atoms with E-state index in [4.69, 9.17) is 4.74 Å². The van der Waals surface area contributed by atoms with E-state index in [9.17, 15) is 9.59 Å². The van der Waals surface area contributed by atoms with Gasteiger partial charge in [0.05, 0.1) is 0 Å². The van der Waals surface area contributed by atoms with Crippen LogP contribution in [0.15, 0.2) is 0 Å². The van der Waals surface area contributed by atoms with Crippen molar-refractivity contribution in [3.05, 3.63) is 0 Å². The van der Waals surface area contributed by atoms with Crippen molar-refractivity contribution in [1.29, 1.82) is 0 Å². The molecule has 0 unspecified atom stereocenters. The van der Waals surface area contributed by atoms with Gasteiger partial charge >= 0.3 is 5.97 Å². The number of hydrogen-bond acceptors (Lipinski definition) is 3. The third-order valence-electron chi connectivity index (χ3n) is 2.38. The summed E-state index contributed by atoms with van der Waals surface area (Å²) in [5.74, 6) is -1.05. The second kappa shape index (κ2) is 6.57. The molecule has 0 fully saturated rings. The smallest absolute Gasteiger partial charge is 0.316 e. The van der Waals surface area contributed by atoms with E-state index < -0.39 is 5.92 Å². The monoisotopic (exact) mass is 200 g/mol. The lowest BCUT2D eigenvalue weighted by molar-refractivity contribution is -0.156. The maximum Gasteiger partial charge on any atom is 0.316 e. The van der Waals surface area contributed by atoms with E-state index in [1.165, 1.54) is 0 Å². The fourth-order valence-electron chi connectivity index (χ4n) is 1.16. The molecule has 0 N–H and O–H groups in total. The molecule has 0 aliphatic carbocycles. The van der Waals surface area contributed by atoms with Crippen molar-refractivity contribution in [3.63, 3.8) is 0 Å². The van der Waals surface area contributed by atoms with Gasteiger partial charge in [0.25, 0.3) is 0 Å².